The first-order valence-corrected chi connectivity index (χ1v) is 8.02. The van der Waals surface area contributed by atoms with Gasteiger partial charge in [0.2, 0.25) is 0 Å². The predicted octanol–water partition coefficient (Wildman–Crippen LogP) is 6.17. The topological polar surface area (TPSA) is 20.2 Å². The van der Waals surface area contributed by atoms with Crippen molar-refractivity contribution in [2.24, 2.45) is 0 Å². The molecule has 0 aromatic heterocycles. The van der Waals surface area contributed by atoms with Gasteiger partial charge in [-0.25, -0.2) is 0 Å². The molecule has 0 saturated carbocycles. The largest absolute Gasteiger partial charge is 0.390 e. The SMILES string of the molecule is CCCCCCCCC=CCCCCCC[CH]O. The van der Waals surface area contributed by atoms with E-state index in [1.54, 1.807) is 0 Å². The monoisotopic (exact) mass is 253 g/mol. The van der Waals surface area contributed by atoms with Gasteiger partial charge in [0, 0.05) is 0 Å². The van der Waals surface area contributed by atoms with Crippen LogP contribution in [0.4, 0.5) is 0 Å². The Labute approximate surface area is 115 Å². The van der Waals surface area contributed by atoms with E-state index in [2.05, 4.69) is 19.1 Å². The number of aliphatic hydroxyl groups excluding tert-OH is 1. The Hall–Kier alpha value is -0.300. The number of hydrogen-bond acceptors (Lipinski definition) is 1. The summed E-state index contributed by atoms with van der Waals surface area (Å²) >= 11 is 0. The average Bonchev–Trinajstić information content (AvgIpc) is 2.39. The van der Waals surface area contributed by atoms with Gasteiger partial charge in [-0.2, -0.15) is 0 Å². The van der Waals surface area contributed by atoms with E-state index in [4.69, 9.17) is 5.11 Å². The smallest absolute Gasteiger partial charge is 0.0799 e. The van der Waals surface area contributed by atoms with E-state index in [1.807, 2.05) is 0 Å². The minimum Gasteiger partial charge on any atom is -0.390 e. The van der Waals surface area contributed by atoms with E-state index in [1.165, 1.54) is 77.2 Å². The molecule has 1 radical (unpaired) electrons. The van der Waals surface area contributed by atoms with Crippen LogP contribution in [0.5, 0.6) is 0 Å². The van der Waals surface area contributed by atoms with Gasteiger partial charge >= 0.3 is 0 Å². The summed E-state index contributed by atoms with van der Waals surface area (Å²) in [6.45, 7) is 3.55. The van der Waals surface area contributed by atoms with Crippen LogP contribution in [-0.2, 0) is 0 Å². The lowest BCUT2D eigenvalue weighted by atomic mass is 10.1. The third-order valence-corrected chi connectivity index (χ3v) is 3.35. The molecule has 0 aromatic rings. The molecule has 0 bridgehead atoms. The molecule has 0 fully saturated rings. The summed E-state index contributed by atoms with van der Waals surface area (Å²) in [6, 6.07) is 0. The molecule has 0 aliphatic heterocycles. The molecule has 0 atom stereocenters. The van der Waals surface area contributed by atoms with Gasteiger partial charge in [-0.15, -0.1) is 0 Å². The zero-order valence-electron chi connectivity index (χ0n) is 12.4. The first-order valence-electron chi connectivity index (χ1n) is 8.02. The Bertz CT molecular complexity index is 145. The molecule has 0 rings (SSSR count). The highest BCUT2D eigenvalue weighted by Crippen LogP contribution is 2.09. The lowest BCUT2D eigenvalue weighted by Gasteiger charge is -1.98. The molecule has 1 nitrogen and oxygen atoms in total. The summed E-state index contributed by atoms with van der Waals surface area (Å²) in [5, 5.41) is 8.52. The molecule has 18 heavy (non-hydrogen) atoms. The number of allylic oxidation sites excluding steroid dienone is 2. The maximum Gasteiger partial charge on any atom is 0.0799 e. The molecule has 0 saturated heterocycles. The lowest BCUT2D eigenvalue weighted by molar-refractivity contribution is 0.367. The van der Waals surface area contributed by atoms with Crippen LogP contribution >= 0.6 is 0 Å². The van der Waals surface area contributed by atoms with E-state index >= 15 is 0 Å². The highest BCUT2D eigenvalue weighted by Gasteiger charge is 1.90. The number of hydrogen-bond donors (Lipinski definition) is 1. The third kappa shape index (κ3) is 15.7. The second kappa shape index (κ2) is 16.7. The fourth-order valence-electron chi connectivity index (χ4n) is 2.13. The van der Waals surface area contributed by atoms with Gasteiger partial charge in [0.1, 0.15) is 0 Å². The van der Waals surface area contributed by atoms with Crippen molar-refractivity contribution in [3.63, 3.8) is 0 Å². The normalized spacial score (nSPS) is 11.4. The van der Waals surface area contributed by atoms with Crippen LogP contribution in [0.1, 0.15) is 90.4 Å². The zero-order valence-corrected chi connectivity index (χ0v) is 12.4. The van der Waals surface area contributed by atoms with E-state index in [0.29, 0.717) is 0 Å². The minimum absolute atomic E-state index is 0.855. The van der Waals surface area contributed by atoms with Crippen molar-refractivity contribution in [1.82, 2.24) is 0 Å². The van der Waals surface area contributed by atoms with Crippen LogP contribution in [0.3, 0.4) is 0 Å². The maximum atomic E-state index is 8.52. The van der Waals surface area contributed by atoms with Crippen LogP contribution < -0.4 is 0 Å². The first kappa shape index (κ1) is 17.7. The molecule has 0 unspecified atom stereocenters. The molecule has 0 spiro atoms. The van der Waals surface area contributed by atoms with Gasteiger partial charge in [-0.3, -0.25) is 0 Å². The van der Waals surface area contributed by atoms with Crippen LogP contribution in [0.25, 0.3) is 0 Å². The highest BCUT2D eigenvalue weighted by atomic mass is 16.2. The summed E-state index contributed by atoms with van der Waals surface area (Å²) in [4.78, 5) is 0. The van der Waals surface area contributed by atoms with Gasteiger partial charge < -0.3 is 5.11 Å². The van der Waals surface area contributed by atoms with Crippen molar-refractivity contribution >= 4 is 0 Å². The molecule has 107 valence electrons. The van der Waals surface area contributed by atoms with E-state index in [-0.39, 0.29) is 0 Å². The second-order valence-electron chi connectivity index (χ2n) is 5.20. The average molecular weight is 253 g/mol. The van der Waals surface area contributed by atoms with Crippen LogP contribution in [0.15, 0.2) is 12.2 Å². The maximum absolute atomic E-state index is 8.52. The predicted molar refractivity (Wildman–Crippen MR) is 81.1 cm³/mol. The third-order valence-electron chi connectivity index (χ3n) is 3.35. The molecule has 0 amide bonds. The first-order chi connectivity index (χ1) is 8.91. The van der Waals surface area contributed by atoms with Gasteiger partial charge in [-0.1, -0.05) is 70.4 Å². The van der Waals surface area contributed by atoms with Crippen molar-refractivity contribution in [1.29, 1.82) is 0 Å². The second-order valence-corrected chi connectivity index (χ2v) is 5.20. The van der Waals surface area contributed by atoms with Crippen molar-refractivity contribution in [2.75, 3.05) is 0 Å². The highest BCUT2D eigenvalue weighted by molar-refractivity contribution is 4.81. The van der Waals surface area contributed by atoms with Crippen molar-refractivity contribution < 1.29 is 5.11 Å². The van der Waals surface area contributed by atoms with Gasteiger partial charge in [0.15, 0.2) is 0 Å². The molecule has 1 heteroatoms. The van der Waals surface area contributed by atoms with Gasteiger partial charge in [-0.05, 0) is 32.1 Å². The Morgan fingerprint density at radius 3 is 1.56 bits per heavy atom. The van der Waals surface area contributed by atoms with Gasteiger partial charge in [0.25, 0.3) is 0 Å². The molecule has 1 N–H and O–H groups in total. The molecule has 0 heterocycles. The van der Waals surface area contributed by atoms with Gasteiger partial charge in [0.05, 0.1) is 6.61 Å². The molecular weight excluding hydrogens is 220 g/mol. The van der Waals surface area contributed by atoms with E-state index in [0.717, 1.165) is 12.8 Å². The lowest BCUT2D eigenvalue weighted by Crippen LogP contribution is -1.79. The summed E-state index contributed by atoms with van der Waals surface area (Å²) in [7, 11) is 0. The standard InChI is InChI=1S/C17H33O/c1-2-3-4-5-6-7-8-9-10-11-12-13-14-15-16-17-18/h9-10,17-18H,2-8,11-16H2,1H3. The fourth-order valence-corrected chi connectivity index (χ4v) is 2.13. The summed E-state index contributed by atoms with van der Waals surface area (Å²) < 4.78 is 0. The van der Waals surface area contributed by atoms with Crippen molar-refractivity contribution in [2.45, 2.75) is 90.4 Å². The molecular formula is C17H33O. The summed E-state index contributed by atoms with van der Waals surface area (Å²) in [6.07, 6.45) is 21.4. The number of rotatable bonds is 14. The van der Waals surface area contributed by atoms with Crippen LogP contribution in [0, 0.1) is 6.61 Å². The Balaban J connectivity index is 3.00. The van der Waals surface area contributed by atoms with E-state index in [9.17, 15) is 0 Å². The molecule has 0 aliphatic carbocycles. The Kier molecular flexibility index (Phi) is 16.4. The zero-order chi connectivity index (χ0) is 13.3. The molecule has 0 aromatic carbocycles. The summed E-state index contributed by atoms with van der Waals surface area (Å²) in [5.74, 6) is 0. The van der Waals surface area contributed by atoms with Crippen molar-refractivity contribution in [3.8, 4) is 0 Å². The quantitative estimate of drug-likeness (QED) is 0.290. The van der Waals surface area contributed by atoms with E-state index < -0.39 is 0 Å². The number of unbranched alkanes of at least 4 members (excludes halogenated alkanes) is 11. The fraction of sp³-hybridized carbons (Fsp3) is 0.824. The number of aliphatic hydroxyl groups is 1. The Morgan fingerprint density at radius 2 is 1.06 bits per heavy atom. The minimum atomic E-state index is 0.855. The Morgan fingerprint density at radius 1 is 0.611 bits per heavy atom. The summed E-state index contributed by atoms with van der Waals surface area (Å²) in [5.41, 5.74) is 0. The van der Waals surface area contributed by atoms with Crippen LogP contribution in [-0.4, -0.2) is 5.11 Å². The van der Waals surface area contributed by atoms with Crippen LogP contribution in [0.2, 0.25) is 0 Å². The van der Waals surface area contributed by atoms with Crippen molar-refractivity contribution in [3.05, 3.63) is 18.8 Å². The molecule has 0 aliphatic rings.